The quantitative estimate of drug-likeness (QED) is 0.888. The number of hydrogen-bond donors (Lipinski definition) is 1. The molecule has 2 aromatic rings. The van der Waals surface area contributed by atoms with Crippen LogP contribution in [0.2, 0.25) is 0 Å². The Morgan fingerprint density at radius 2 is 2.08 bits per heavy atom. The first kappa shape index (κ1) is 16.2. The number of aliphatic carboxylic acids is 1. The Balaban J connectivity index is 1.60. The fourth-order valence-electron chi connectivity index (χ4n) is 2.71. The molecule has 1 aromatic heterocycles. The number of aryl methyl sites for hydroxylation is 1. The number of amides is 1. The average molecular weight is 329 g/mol. The smallest absolute Gasteiger partial charge is 0.328 e. The lowest BCUT2D eigenvalue weighted by molar-refractivity contribution is -0.158. The normalized spacial score (nSPS) is 17.7. The molecule has 0 saturated carbocycles. The van der Waals surface area contributed by atoms with Crippen LogP contribution < -0.4 is 0 Å². The zero-order chi connectivity index (χ0) is 16.9. The van der Waals surface area contributed by atoms with E-state index in [4.69, 9.17) is 4.74 Å². The van der Waals surface area contributed by atoms with Crippen molar-refractivity contribution in [3.05, 3.63) is 48.3 Å². The van der Waals surface area contributed by atoms with E-state index in [2.05, 4.69) is 5.10 Å². The molecule has 0 bridgehead atoms. The largest absolute Gasteiger partial charge is 0.480 e. The van der Waals surface area contributed by atoms with E-state index >= 15 is 0 Å². The van der Waals surface area contributed by atoms with Crippen molar-refractivity contribution in [3.63, 3.8) is 0 Å². The third kappa shape index (κ3) is 3.62. The van der Waals surface area contributed by atoms with Gasteiger partial charge in [0.2, 0.25) is 5.91 Å². The Hall–Kier alpha value is -2.67. The minimum atomic E-state index is -1.03. The number of carboxylic acid groups (broad SMARTS) is 1. The fourth-order valence-corrected chi connectivity index (χ4v) is 2.71. The van der Waals surface area contributed by atoms with Crippen LogP contribution in [0.25, 0.3) is 5.69 Å². The van der Waals surface area contributed by atoms with Gasteiger partial charge in [0.25, 0.3) is 0 Å². The Kier molecular flexibility index (Phi) is 4.90. The highest BCUT2D eigenvalue weighted by Crippen LogP contribution is 2.13. The molecule has 7 nitrogen and oxygen atoms in total. The Morgan fingerprint density at radius 1 is 1.29 bits per heavy atom. The monoisotopic (exact) mass is 329 g/mol. The summed E-state index contributed by atoms with van der Waals surface area (Å²) in [5.41, 5.74) is 1.89. The van der Waals surface area contributed by atoms with Gasteiger partial charge in [-0.2, -0.15) is 5.10 Å². The van der Waals surface area contributed by atoms with E-state index in [1.54, 1.807) is 10.9 Å². The maximum absolute atomic E-state index is 12.3. The molecule has 1 atom stereocenters. The van der Waals surface area contributed by atoms with E-state index in [0.717, 1.165) is 11.3 Å². The molecule has 126 valence electrons. The number of morpholine rings is 1. The molecule has 0 aliphatic carbocycles. The molecular formula is C17H19N3O4. The number of rotatable bonds is 5. The molecule has 24 heavy (non-hydrogen) atoms. The third-order valence-electron chi connectivity index (χ3n) is 4.02. The maximum atomic E-state index is 12.3. The Labute approximate surface area is 139 Å². The second-order valence-corrected chi connectivity index (χ2v) is 5.64. The zero-order valence-electron chi connectivity index (χ0n) is 13.2. The van der Waals surface area contributed by atoms with Crippen molar-refractivity contribution in [1.82, 2.24) is 14.7 Å². The van der Waals surface area contributed by atoms with Gasteiger partial charge in [-0.15, -0.1) is 0 Å². The minimum absolute atomic E-state index is 0.0486. The van der Waals surface area contributed by atoms with Crippen molar-refractivity contribution in [1.29, 1.82) is 0 Å². The maximum Gasteiger partial charge on any atom is 0.328 e. The molecule has 2 heterocycles. The van der Waals surface area contributed by atoms with Gasteiger partial charge in [0.05, 0.1) is 25.1 Å². The average Bonchev–Trinajstić information content (AvgIpc) is 3.09. The van der Waals surface area contributed by atoms with Gasteiger partial charge in [-0.25, -0.2) is 9.48 Å². The Bertz CT molecular complexity index is 714. The van der Waals surface area contributed by atoms with Gasteiger partial charge in [-0.05, 0) is 24.1 Å². The molecule has 1 amide bonds. The summed E-state index contributed by atoms with van der Waals surface area (Å²) in [6.07, 6.45) is 4.39. The first-order chi connectivity index (χ1) is 11.6. The van der Waals surface area contributed by atoms with Crippen molar-refractivity contribution in [2.24, 2.45) is 0 Å². The van der Waals surface area contributed by atoms with Gasteiger partial charge in [-0.1, -0.05) is 18.2 Å². The number of hydrogen-bond acceptors (Lipinski definition) is 4. The van der Waals surface area contributed by atoms with Gasteiger partial charge < -0.3 is 14.7 Å². The highest BCUT2D eigenvalue weighted by Gasteiger charge is 2.32. The summed E-state index contributed by atoms with van der Waals surface area (Å²) in [5.74, 6) is -1.20. The Morgan fingerprint density at radius 3 is 2.83 bits per heavy atom. The molecule has 1 saturated heterocycles. The van der Waals surface area contributed by atoms with Gasteiger partial charge in [-0.3, -0.25) is 4.79 Å². The molecule has 0 radical (unpaired) electrons. The molecule has 1 aromatic carbocycles. The summed E-state index contributed by atoms with van der Waals surface area (Å²) < 4.78 is 6.91. The van der Waals surface area contributed by atoms with Crippen LogP contribution in [0.15, 0.2) is 42.7 Å². The van der Waals surface area contributed by atoms with E-state index in [-0.39, 0.29) is 18.9 Å². The highest BCUT2D eigenvalue weighted by atomic mass is 16.5. The number of ether oxygens (including phenoxy) is 1. The lowest BCUT2D eigenvalue weighted by Gasteiger charge is -2.32. The number of benzene rings is 1. The molecule has 1 aliphatic rings. The SMILES string of the molecule is O=C(O)[C@@H]1COCCN1C(=O)CCc1cnn(-c2ccccc2)c1. The first-order valence-electron chi connectivity index (χ1n) is 7.84. The zero-order valence-corrected chi connectivity index (χ0v) is 13.2. The van der Waals surface area contributed by atoms with Crippen LogP contribution in [-0.2, 0) is 20.7 Å². The van der Waals surface area contributed by atoms with Crippen molar-refractivity contribution in [2.45, 2.75) is 18.9 Å². The number of para-hydroxylation sites is 1. The van der Waals surface area contributed by atoms with Crippen LogP contribution >= 0.6 is 0 Å². The van der Waals surface area contributed by atoms with Crippen LogP contribution in [0.5, 0.6) is 0 Å². The van der Waals surface area contributed by atoms with Gasteiger partial charge >= 0.3 is 5.97 Å². The standard InChI is InChI=1S/C17H19N3O4/c21-16(19-8-9-24-12-15(19)17(22)23)7-6-13-10-18-20(11-13)14-4-2-1-3-5-14/h1-5,10-11,15H,6-9,12H2,(H,22,23)/t15-/m0/s1. The molecule has 1 fully saturated rings. The summed E-state index contributed by atoms with van der Waals surface area (Å²) in [7, 11) is 0. The summed E-state index contributed by atoms with van der Waals surface area (Å²) in [4.78, 5) is 25.0. The summed E-state index contributed by atoms with van der Waals surface area (Å²) >= 11 is 0. The van der Waals surface area contributed by atoms with E-state index in [1.807, 2.05) is 36.5 Å². The summed E-state index contributed by atoms with van der Waals surface area (Å²) in [5, 5.41) is 13.5. The number of nitrogens with zero attached hydrogens (tertiary/aromatic N) is 3. The number of carbonyl (C=O) groups excluding carboxylic acids is 1. The molecular weight excluding hydrogens is 310 g/mol. The van der Waals surface area contributed by atoms with E-state index in [9.17, 15) is 14.7 Å². The van der Waals surface area contributed by atoms with E-state index < -0.39 is 12.0 Å². The van der Waals surface area contributed by atoms with Crippen molar-refractivity contribution in [3.8, 4) is 5.69 Å². The van der Waals surface area contributed by atoms with Crippen LogP contribution in [0.1, 0.15) is 12.0 Å². The second kappa shape index (κ2) is 7.27. The van der Waals surface area contributed by atoms with Gasteiger partial charge in [0.1, 0.15) is 0 Å². The van der Waals surface area contributed by atoms with Gasteiger partial charge in [0, 0.05) is 19.2 Å². The fraction of sp³-hybridized carbons (Fsp3) is 0.353. The van der Waals surface area contributed by atoms with Crippen LogP contribution in [0.4, 0.5) is 0 Å². The second-order valence-electron chi connectivity index (χ2n) is 5.64. The topological polar surface area (TPSA) is 84.7 Å². The van der Waals surface area contributed by atoms with E-state index in [1.165, 1.54) is 4.90 Å². The molecule has 1 N–H and O–H groups in total. The van der Waals surface area contributed by atoms with Crippen molar-refractivity contribution < 1.29 is 19.4 Å². The molecule has 3 rings (SSSR count). The number of aromatic nitrogens is 2. The van der Waals surface area contributed by atoms with E-state index in [0.29, 0.717) is 19.6 Å². The van der Waals surface area contributed by atoms with Crippen molar-refractivity contribution in [2.75, 3.05) is 19.8 Å². The summed E-state index contributed by atoms with van der Waals surface area (Å²) in [6.45, 7) is 0.744. The highest BCUT2D eigenvalue weighted by molar-refractivity contribution is 5.84. The van der Waals surface area contributed by atoms with Crippen molar-refractivity contribution >= 4 is 11.9 Å². The number of carboxylic acids is 1. The van der Waals surface area contributed by atoms with Crippen LogP contribution in [0, 0.1) is 0 Å². The summed E-state index contributed by atoms with van der Waals surface area (Å²) in [6, 6.07) is 8.82. The number of carbonyl (C=O) groups is 2. The lowest BCUT2D eigenvalue weighted by atomic mass is 10.1. The van der Waals surface area contributed by atoms with Crippen LogP contribution in [0.3, 0.4) is 0 Å². The lowest BCUT2D eigenvalue weighted by Crippen LogP contribution is -2.52. The molecule has 0 unspecified atom stereocenters. The third-order valence-corrected chi connectivity index (χ3v) is 4.02. The predicted octanol–water partition coefficient (Wildman–Crippen LogP) is 1.12. The molecule has 7 heteroatoms. The minimum Gasteiger partial charge on any atom is -0.480 e. The predicted molar refractivity (Wildman–Crippen MR) is 85.8 cm³/mol. The molecule has 0 spiro atoms. The molecule has 1 aliphatic heterocycles. The van der Waals surface area contributed by atoms with Crippen LogP contribution in [-0.4, -0.2) is 57.5 Å². The first-order valence-corrected chi connectivity index (χ1v) is 7.84. The van der Waals surface area contributed by atoms with Gasteiger partial charge in [0.15, 0.2) is 6.04 Å².